The zero-order valence-corrected chi connectivity index (χ0v) is 15.2. The second-order valence-electron chi connectivity index (χ2n) is 7.64. The average Bonchev–Trinajstić information content (AvgIpc) is 2.67. The van der Waals surface area contributed by atoms with Crippen molar-refractivity contribution in [2.24, 2.45) is 11.7 Å². The molecule has 0 aliphatic carbocycles. The van der Waals surface area contributed by atoms with Gasteiger partial charge in [0.15, 0.2) is 0 Å². The van der Waals surface area contributed by atoms with Crippen LogP contribution in [0.15, 0.2) is 0 Å². The molecule has 7 heteroatoms. The molecule has 2 saturated heterocycles. The average molecular weight is 338 g/mol. The molecule has 0 aromatic rings. The Morgan fingerprint density at radius 1 is 1.17 bits per heavy atom. The van der Waals surface area contributed by atoms with Crippen molar-refractivity contribution in [3.05, 3.63) is 0 Å². The topological polar surface area (TPSA) is 87.0 Å². The van der Waals surface area contributed by atoms with E-state index < -0.39 is 11.4 Å². The van der Waals surface area contributed by atoms with Crippen molar-refractivity contribution in [1.29, 1.82) is 0 Å². The molecular formula is C17H30N4O3. The third kappa shape index (κ3) is 3.41. The van der Waals surface area contributed by atoms with E-state index in [0.717, 1.165) is 24.4 Å². The molecule has 0 unspecified atom stereocenters. The van der Waals surface area contributed by atoms with E-state index in [-0.39, 0.29) is 18.5 Å². The first-order valence-electron chi connectivity index (χ1n) is 8.85. The molecule has 2 aliphatic rings. The number of primary amides is 1. The van der Waals surface area contributed by atoms with Gasteiger partial charge in [-0.15, -0.1) is 0 Å². The summed E-state index contributed by atoms with van der Waals surface area (Å²) in [5.41, 5.74) is 4.43. The van der Waals surface area contributed by atoms with Crippen LogP contribution in [0.5, 0.6) is 0 Å². The summed E-state index contributed by atoms with van der Waals surface area (Å²) in [6, 6.07) is 0.0536. The first-order valence-corrected chi connectivity index (χ1v) is 8.85. The molecule has 2 rings (SSSR count). The summed E-state index contributed by atoms with van der Waals surface area (Å²) >= 11 is 0. The predicted molar refractivity (Wildman–Crippen MR) is 91.1 cm³/mol. The fourth-order valence-electron chi connectivity index (χ4n) is 3.67. The number of carbonyl (C=O) groups excluding carboxylic acids is 3. The maximum atomic E-state index is 13.0. The summed E-state index contributed by atoms with van der Waals surface area (Å²) in [5, 5.41) is 0. The molecular weight excluding hydrogens is 308 g/mol. The Morgan fingerprint density at radius 2 is 1.75 bits per heavy atom. The van der Waals surface area contributed by atoms with Crippen LogP contribution in [0.3, 0.4) is 0 Å². The minimum atomic E-state index is -0.799. The summed E-state index contributed by atoms with van der Waals surface area (Å²) in [4.78, 5) is 42.1. The van der Waals surface area contributed by atoms with Crippen LogP contribution in [0.25, 0.3) is 0 Å². The molecule has 136 valence electrons. The number of nitrogens with two attached hydrogens (primary N) is 1. The highest BCUT2D eigenvalue weighted by Gasteiger charge is 2.57. The standard InChI is InChI=1S/C17H30N4O3/c1-12(2)5-8-21-16(24)20(11-14(18)22)15(23)17(21)6-9-19(10-7-17)13(3)4/h12-13H,5-11H2,1-4H3,(H2,18,22). The van der Waals surface area contributed by atoms with Gasteiger partial charge in [-0.1, -0.05) is 13.8 Å². The first-order chi connectivity index (χ1) is 11.2. The quantitative estimate of drug-likeness (QED) is 0.733. The molecule has 0 aromatic heterocycles. The molecule has 2 aliphatic heterocycles. The van der Waals surface area contributed by atoms with E-state index in [2.05, 4.69) is 32.6 Å². The van der Waals surface area contributed by atoms with Crippen LogP contribution >= 0.6 is 0 Å². The number of hydrogen-bond donors (Lipinski definition) is 1. The van der Waals surface area contributed by atoms with Crippen LogP contribution in [0, 0.1) is 5.92 Å². The van der Waals surface area contributed by atoms with Crippen LogP contribution in [0.2, 0.25) is 0 Å². The number of rotatable bonds is 6. The number of carbonyl (C=O) groups is 3. The Kier molecular flexibility index (Phi) is 5.52. The van der Waals surface area contributed by atoms with E-state index in [0.29, 0.717) is 31.3 Å². The summed E-state index contributed by atoms with van der Waals surface area (Å²) in [6.07, 6.45) is 2.06. The van der Waals surface area contributed by atoms with Crippen molar-refractivity contribution in [3.63, 3.8) is 0 Å². The summed E-state index contributed by atoms with van der Waals surface area (Å²) in [6.45, 7) is 10.2. The number of urea groups is 1. The van der Waals surface area contributed by atoms with Crippen molar-refractivity contribution in [1.82, 2.24) is 14.7 Å². The van der Waals surface area contributed by atoms with Gasteiger partial charge in [-0.25, -0.2) is 4.79 Å². The van der Waals surface area contributed by atoms with Gasteiger partial charge in [-0.2, -0.15) is 0 Å². The van der Waals surface area contributed by atoms with Crippen LogP contribution in [0.1, 0.15) is 47.0 Å². The molecule has 0 bridgehead atoms. The van der Waals surface area contributed by atoms with Crippen molar-refractivity contribution < 1.29 is 14.4 Å². The second-order valence-corrected chi connectivity index (χ2v) is 7.64. The zero-order valence-electron chi connectivity index (χ0n) is 15.2. The molecule has 2 heterocycles. The van der Waals surface area contributed by atoms with Crippen molar-refractivity contribution in [2.75, 3.05) is 26.2 Å². The Hall–Kier alpha value is -1.63. The SMILES string of the molecule is CC(C)CCN1C(=O)N(CC(N)=O)C(=O)C12CCN(C(C)C)CC2. The van der Waals surface area contributed by atoms with Crippen LogP contribution in [0.4, 0.5) is 4.79 Å². The van der Waals surface area contributed by atoms with Crippen LogP contribution in [-0.2, 0) is 9.59 Å². The highest BCUT2D eigenvalue weighted by Crippen LogP contribution is 2.38. The predicted octanol–water partition coefficient (Wildman–Crippen LogP) is 1.03. The maximum Gasteiger partial charge on any atom is 0.328 e. The van der Waals surface area contributed by atoms with E-state index in [1.807, 2.05) is 0 Å². The minimum Gasteiger partial charge on any atom is -0.368 e. The summed E-state index contributed by atoms with van der Waals surface area (Å²) < 4.78 is 0. The van der Waals surface area contributed by atoms with Crippen molar-refractivity contribution >= 4 is 17.8 Å². The molecule has 0 saturated carbocycles. The molecule has 4 amide bonds. The van der Waals surface area contributed by atoms with E-state index in [1.54, 1.807) is 4.90 Å². The Balaban J connectivity index is 2.25. The van der Waals surface area contributed by atoms with Gasteiger partial charge in [0.25, 0.3) is 5.91 Å². The summed E-state index contributed by atoms with van der Waals surface area (Å²) in [5.74, 6) is -0.471. The van der Waals surface area contributed by atoms with Gasteiger partial charge in [-0.05, 0) is 39.0 Å². The van der Waals surface area contributed by atoms with Gasteiger partial charge in [0.2, 0.25) is 5.91 Å². The summed E-state index contributed by atoms with van der Waals surface area (Å²) in [7, 11) is 0. The van der Waals surface area contributed by atoms with E-state index in [4.69, 9.17) is 5.73 Å². The van der Waals surface area contributed by atoms with E-state index >= 15 is 0 Å². The first kappa shape index (κ1) is 18.7. The molecule has 0 atom stereocenters. The number of likely N-dealkylation sites (tertiary alicyclic amines) is 1. The van der Waals surface area contributed by atoms with E-state index in [9.17, 15) is 14.4 Å². The monoisotopic (exact) mass is 338 g/mol. The third-order valence-corrected chi connectivity index (χ3v) is 5.22. The molecule has 24 heavy (non-hydrogen) atoms. The maximum absolute atomic E-state index is 13.0. The van der Waals surface area contributed by atoms with Gasteiger partial charge in [0.05, 0.1) is 0 Å². The zero-order chi connectivity index (χ0) is 18.1. The second kappa shape index (κ2) is 7.09. The number of piperidine rings is 1. The lowest BCUT2D eigenvalue weighted by Gasteiger charge is -2.43. The lowest BCUT2D eigenvalue weighted by molar-refractivity contribution is -0.138. The van der Waals surface area contributed by atoms with Gasteiger partial charge >= 0.3 is 6.03 Å². The normalized spacial score (nSPS) is 21.6. The van der Waals surface area contributed by atoms with Gasteiger partial charge in [0.1, 0.15) is 12.1 Å². The van der Waals surface area contributed by atoms with Crippen molar-refractivity contribution in [3.8, 4) is 0 Å². The molecule has 0 aromatic carbocycles. The highest BCUT2D eigenvalue weighted by atomic mass is 16.2. The number of nitrogens with zero attached hydrogens (tertiary/aromatic N) is 3. The lowest BCUT2D eigenvalue weighted by atomic mass is 9.85. The number of imide groups is 1. The number of hydrogen-bond acceptors (Lipinski definition) is 4. The van der Waals surface area contributed by atoms with Crippen molar-refractivity contribution in [2.45, 2.75) is 58.5 Å². The lowest BCUT2D eigenvalue weighted by Crippen LogP contribution is -2.57. The Morgan fingerprint density at radius 3 is 2.21 bits per heavy atom. The van der Waals surface area contributed by atoms with Crippen LogP contribution in [-0.4, -0.2) is 70.3 Å². The third-order valence-electron chi connectivity index (χ3n) is 5.22. The van der Waals surface area contributed by atoms with E-state index in [1.165, 1.54) is 0 Å². The largest absolute Gasteiger partial charge is 0.368 e. The van der Waals surface area contributed by atoms with Crippen LogP contribution < -0.4 is 5.73 Å². The molecule has 1 spiro atoms. The Bertz CT molecular complexity index is 510. The smallest absolute Gasteiger partial charge is 0.328 e. The fraction of sp³-hybridized carbons (Fsp3) is 0.824. The molecule has 7 nitrogen and oxygen atoms in total. The Labute approximate surface area is 144 Å². The van der Waals surface area contributed by atoms with Gasteiger partial charge < -0.3 is 15.5 Å². The fourth-order valence-corrected chi connectivity index (χ4v) is 3.67. The molecule has 2 N–H and O–H groups in total. The minimum absolute atomic E-state index is 0.251. The highest BCUT2D eigenvalue weighted by molar-refractivity contribution is 6.09. The number of amides is 4. The van der Waals surface area contributed by atoms with Gasteiger partial charge in [-0.3, -0.25) is 14.5 Å². The van der Waals surface area contributed by atoms with Gasteiger partial charge in [0, 0.05) is 25.7 Å². The molecule has 2 fully saturated rings. The molecule has 0 radical (unpaired) electrons.